The molecule has 0 saturated carbocycles. The zero-order valence-corrected chi connectivity index (χ0v) is 17.0. The maximum atomic E-state index is 12.4. The van der Waals surface area contributed by atoms with Crippen molar-refractivity contribution in [3.05, 3.63) is 0 Å². The lowest BCUT2D eigenvalue weighted by Gasteiger charge is -2.24. The Morgan fingerprint density at radius 2 is 1.43 bits per heavy atom. The van der Waals surface area contributed by atoms with E-state index in [2.05, 4.69) is 16.0 Å². The average Bonchev–Trinajstić information content (AvgIpc) is 2.61. The molecule has 0 heterocycles. The minimum Gasteiger partial charge on any atom is -0.481 e. The second-order valence-electron chi connectivity index (χ2n) is 7.07. The van der Waals surface area contributed by atoms with E-state index in [-0.39, 0.29) is 12.8 Å². The molecule has 0 saturated heterocycles. The first-order valence-electron chi connectivity index (χ1n) is 9.15. The Morgan fingerprint density at radius 1 is 0.867 bits per heavy atom. The van der Waals surface area contributed by atoms with E-state index in [1.54, 1.807) is 13.8 Å². The van der Waals surface area contributed by atoms with Crippen molar-refractivity contribution in [3.8, 4) is 0 Å². The third-order valence-electron chi connectivity index (χ3n) is 4.03. The van der Waals surface area contributed by atoms with E-state index in [4.69, 9.17) is 21.7 Å². The average molecular weight is 431 g/mol. The number of nitrogens with one attached hydrogen (secondary N) is 3. The first-order valence-corrected chi connectivity index (χ1v) is 9.15. The molecule has 0 aromatic rings. The van der Waals surface area contributed by atoms with Gasteiger partial charge in [-0.15, -0.1) is 0 Å². The van der Waals surface area contributed by atoms with Crippen LogP contribution in [0.4, 0.5) is 0 Å². The summed E-state index contributed by atoms with van der Waals surface area (Å²) < 4.78 is 0. The Hall–Kier alpha value is -3.22. The molecule has 0 fully saturated rings. The van der Waals surface area contributed by atoms with E-state index in [1.165, 1.54) is 6.92 Å². The van der Waals surface area contributed by atoms with E-state index >= 15 is 0 Å². The zero-order valence-electron chi connectivity index (χ0n) is 17.0. The number of hydrogen-bond donors (Lipinski definition) is 7. The molecular weight excluding hydrogens is 402 g/mol. The Balaban J connectivity index is 5.06. The zero-order chi connectivity index (χ0) is 23.6. The van der Waals surface area contributed by atoms with Gasteiger partial charge < -0.3 is 37.6 Å². The Labute approximate surface area is 172 Å². The Kier molecular flexibility index (Phi) is 11.0. The molecule has 0 radical (unpaired) electrons. The van der Waals surface area contributed by atoms with E-state index in [0.717, 1.165) is 0 Å². The molecule has 4 unspecified atom stereocenters. The van der Waals surface area contributed by atoms with E-state index < -0.39 is 72.1 Å². The highest BCUT2D eigenvalue weighted by Crippen LogP contribution is 2.04. The number of carboxylic acid groups (broad SMARTS) is 2. The van der Waals surface area contributed by atoms with E-state index in [1.807, 2.05) is 0 Å². The molecule has 0 rings (SSSR count). The lowest BCUT2D eigenvalue weighted by molar-refractivity contribution is -0.143. The summed E-state index contributed by atoms with van der Waals surface area (Å²) in [5.74, 6) is -6.38. The number of primary amides is 1. The van der Waals surface area contributed by atoms with Crippen LogP contribution in [0.5, 0.6) is 0 Å². The largest absolute Gasteiger partial charge is 0.481 e. The number of nitrogens with two attached hydrogens (primary N) is 2. The maximum absolute atomic E-state index is 12.4. The van der Waals surface area contributed by atoms with Crippen LogP contribution < -0.4 is 27.4 Å². The Morgan fingerprint density at radius 3 is 1.87 bits per heavy atom. The van der Waals surface area contributed by atoms with Crippen molar-refractivity contribution >= 4 is 35.6 Å². The first-order chi connectivity index (χ1) is 13.8. The predicted molar refractivity (Wildman–Crippen MR) is 103 cm³/mol. The number of hydrogen-bond acceptors (Lipinski definition) is 7. The van der Waals surface area contributed by atoms with Crippen LogP contribution in [0.3, 0.4) is 0 Å². The predicted octanol–water partition coefficient (Wildman–Crippen LogP) is -2.73. The van der Waals surface area contributed by atoms with Gasteiger partial charge >= 0.3 is 11.9 Å². The van der Waals surface area contributed by atoms with Crippen LogP contribution in [0.2, 0.25) is 0 Å². The van der Waals surface area contributed by atoms with Gasteiger partial charge in [-0.25, -0.2) is 4.79 Å². The third kappa shape index (κ3) is 9.82. The number of carboxylic acids is 2. The lowest BCUT2D eigenvalue weighted by atomic mass is 10.0. The Bertz CT molecular complexity index is 681. The summed E-state index contributed by atoms with van der Waals surface area (Å²) >= 11 is 0. The van der Waals surface area contributed by atoms with Gasteiger partial charge in [0.15, 0.2) is 0 Å². The van der Waals surface area contributed by atoms with Crippen molar-refractivity contribution in [2.24, 2.45) is 17.4 Å². The van der Waals surface area contributed by atoms with Crippen molar-refractivity contribution in [2.75, 3.05) is 0 Å². The molecular formula is C17H29N5O8. The second-order valence-corrected chi connectivity index (χ2v) is 7.07. The molecule has 0 aromatic carbocycles. The summed E-state index contributed by atoms with van der Waals surface area (Å²) in [6.45, 7) is 4.41. The lowest BCUT2D eigenvalue weighted by Crippen LogP contribution is -2.57. The highest BCUT2D eigenvalue weighted by atomic mass is 16.4. The number of aliphatic carboxylic acids is 2. The van der Waals surface area contributed by atoms with Crippen LogP contribution in [-0.4, -0.2) is 69.9 Å². The molecule has 4 atom stereocenters. The van der Waals surface area contributed by atoms with Gasteiger partial charge in [-0.1, -0.05) is 13.8 Å². The van der Waals surface area contributed by atoms with Crippen molar-refractivity contribution in [3.63, 3.8) is 0 Å². The van der Waals surface area contributed by atoms with E-state index in [0.29, 0.717) is 0 Å². The van der Waals surface area contributed by atoms with Gasteiger partial charge in [0.25, 0.3) is 0 Å². The van der Waals surface area contributed by atoms with Gasteiger partial charge in [-0.05, 0) is 19.3 Å². The smallest absolute Gasteiger partial charge is 0.326 e. The number of amides is 4. The molecule has 13 heteroatoms. The normalized spacial score (nSPS) is 14.7. The number of rotatable bonds is 13. The SMILES string of the molecule is CC(NC(=O)C(N)CCC(=O)O)C(=O)NC(CC(N)=O)C(=O)NC(C(=O)O)C(C)C. The van der Waals surface area contributed by atoms with Crippen molar-refractivity contribution in [1.82, 2.24) is 16.0 Å². The summed E-state index contributed by atoms with van der Waals surface area (Å²) in [5.41, 5.74) is 10.6. The van der Waals surface area contributed by atoms with Gasteiger partial charge in [0.05, 0.1) is 12.5 Å². The number of carbonyl (C=O) groups excluding carboxylic acids is 4. The fourth-order valence-electron chi connectivity index (χ4n) is 2.27. The van der Waals surface area contributed by atoms with Gasteiger partial charge in [-0.2, -0.15) is 0 Å². The molecule has 0 aliphatic rings. The topological polar surface area (TPSA) is 231 Å². The standard InChI is InChI=1S/C17H29N5O8/c1-7(2)13(17(29)30)22-16(28)10(6-11(19)23)21-14(26)8(3)20-15(27)9(18)4-5-12(24)25/h7-10,13H,4-6,18H2,1-3H3,(H2,19,23)(H,20,27)(H,21,26)(H,22,28)(H,24,25)(H,29,30). The molecule has 0 aliphatic carbocycles. The van der Waals surface area contributed by atoms with Gasteiger partial charge in [0, 0.05) is 6.42 Å². The number of carbonyl (C=O) groups is 6. The summed E-state index contributed by atoms with van der Waals surface area (Å²) in [6, 6.07) is -5.06. The van der Waals surface area contributed by atoms with Crippen LogP contribution >= 0.6 is 0 Å². The minimum absolute atomic E-state index is 0.145. The summed E-state index contributed by atoms with van der Waals surface area (Å²) in [6.07, 6.45) is -1.08. The summed E-state index contributed by atoms with van der Waals surface area (Å²) in [4.78, 5) is 69.6. The fraction of sp³-hybridized carbons (Fsp3) is 0.647. The highest BCUT2D eigenvalue weighted by Gasteiger charge is 2.31. The van der Waals surface area contributed by atoms with Gasteiger partial charge in [-0.3, -0.25) is 24.0 Å². The molecule has 0 aromatic heterocycles. The molecule has 9 N–H and O–H groups in total. The fourth-order valence-corrected chi connectivity index (χ4v) is 2.27. The molecule has 13 nitrogen and oxygen atoms in total. The van der Waals surface area contributed by atoms with Crippen LogP contribution in [0, 0.1) is 5.92 Å². The quantitative estimate of drug-likeness (QED) is 0.160. The van der Waals surface area contributed by atoms with Gasteiger partial charge in [0.2, 0.25) is 23.6 Å². The first kappa shape index (κ1) is 26.8. The van der Waals surface area contributed by atoms with Crippen LogP contribution in [0.15, 0.2) is 0 Å². The maximum Gasteiger partial charge on any atom is 0.326 e. The molecule has 30 heavy (non-hydrogen) atoms. The van der Waals surface area contributed by atoms with E-state index in [9.17, 15) is 28.8 Å². The van der Waals surface area contributed by atoms with Gasteiger partial charge in [0.1, 0.15) is 18.1 Å². The summed E-state index contributed by atoms with van der Waals surface area (Å²) in [7, 11) is 0. The van der Waals surface area contributed by atoms with Crippen LogP contribution in [0.1, 0.15) is 40.0 Å². The highest BCUT2D eigenvalue weighted by molar-refractivity contribution is 5.96. The third-order valence-corrected chi connectivity index (χ3v) is 4.03. The van der Waals surface area contributed by atoms with Crippen molar-refractivity contribution in [2.45, 2.75) is 64.2 Å². The minimum atomic E-state index is -1.46. The molecule has 0 bridgehead atoms. The van der Waals surface area contributed by atoms with Crippen LogP contribution in [0.25, 0.3) is 0 Å². The summed E-state index contributed by atoms with van der Waals surface area (Å²) in [5, 5.41) is 24.5. The van der Waals surface area contributed by atoms with Crippen molar-refractivity contribution in [1.29, 1.82) is 0 Å². The second kappa shape index (κ2) is 12.4. The van der Waals surface area contributed by atoms with Crippen LogP contribution in [-0.2, 0) is 28.8 Å². The van der Waals surface area contributed by atoms with Crippen molar-refractivity contribution < 1.29 is 39.0 Å². The molecule has 170 valence electrons. The molecule has 0 aliphatic heterocycles. The molecule has 0 spiro atoms. The monoisotopic (exact) mass is 431 g/mol. The molecule has 4 amide bonds.